The molecule has 0 saturated carbocycles. The molecular formula is C26H32N8O3. The molecule has 11 heteroatoms. The standard InChI is InChI=1S/C26H32N8O3/c1-18-7-8-19-20(34(18)26(36)37-3)9-10-21-25(19)30-22(11-14-32-13-5-4-6-24(32)35)33(21)15-12-27-16-23-28-17-29-31(23)2/h4-6,9-10,13,17-18,27H,7-8,11-12,14-16H2,1-3H3/t18-/m0/s1. The molecule has 1 N–H and O–H groups in total. The molecular weight excluding hydrogens is 472 g/mol. The number of carbonyl (C=O) groups is 1. The summed E-state index contributed by atoms with van der Waals surface area (Å²) in [5.41, 5.74) is 3.81. The van der Waals surface area contributed by atoms with E-state index in [1.165, 1.54) is 7.11 Å². The van der Waals surface area contributed by atoms with Crippen molar-refractivity contribution >= 4 is 22.8 Å². The van der Waals surface area contributed by atoms with Gasteiger partial charge in [0.1, 0.15) is 18.0 Å². The fraction of sp³-hybridized carbons (Fsp3) is 0.423. The van der Waals surface area contributed by atoms with Crippen molar-refractivity contribution in [2.24, 2.45) is 7.05 Å². The average molecular weight is 505 g/mol. The van der Waals surface area contributed by atoms with Gasteiger partial charge in [0, 0.05) is 57.0 Å². The fourth-order valence-corrected chi connectivity index (χ4v) is 5.03. The van der Waals surface area contributed by atoms with Crippen LogP contribution >= 0.6 is 0 Å². The molecule has 4 aromatic rings. The van der Waals surface area contributed by atoms with Crippen molar-refractivity contribution in [2.75, 3.05) is 18.6 Å². The van der Waals surface area contributed by atoms with Gasteiger partial charge in [-0.05, 0) is 38.0 Å². The van der Waals surface area contributed by atoms with Gasteiger partial charge in [0.15, 0.2) is 0 Å². The summed E-state index contributed by atoms with van der Waals surface area (Å²) in [6, 6.07) is 9.26. The van der Waals surface area contributed by atoms with Gasteiger partial charge in [-0.2, -0.15) is 5.10 Å². The SMILES string of the molecule is COC(=O)N1c2ccc3c(nc(CCn4ccccc4=O)n3CCNCc3ncnn3C)c2CC[C@@H]1C. The molecule has 1 atom stereocenters. The number of anilines is 1. The van der Waals surface area contributed by atoms with Gasteiger partial charge >= 0.3 is 6.09 Å². The van der Waals surface area contributed by atoms with Crippen molar-refractivity contribution in [3.05, 3.63) is 70.4 Å². The number of nitrogens with zero attached hydrogens (tertiary/aromatic N) is 7. The van der Waals surface area contributed by atoms with E-state index >= 15 is 0 Å². The summed E-state index contributed by atoms with van der Waals surface area (Å²) >= 11 is 0. The largest absolute Gasteiger partial charge is 0.452 e. The first kappa shape index (κ1) is 24.7. The zero-order chi connectivity index (χ0) is 25.9. The molecule has 37 heavy (non-hydrogen) atoms. The van der Waals surface area contributed by atoms with E-state index in [0.29, 0.717) is 32.6 Å². The van der Waals surface area contributed by atoms with Crippen molar-refractivity contribution in [3.8, 4) is 0 Å². The molecule has 0 unspecified atom stereocenters. The van der Waals surface area contributed by atoms with Gasteiger partial charge in [0.2, 0.25) is 0 Å². The number of hydrogen-bond acceptors (Lipinski definition) is 7. The number of hydrogen-bond donors (Lipinski definition) is 1. The topological polar surface area (TPSA) is 112 Å². The van der Waals surface area contributed by atoms with E-state index in [9.17, 15) is 9.59 Å². The third kappa shape index (κ3) is 4.86. The predicted octanol–water partition coefficient (Wildman–Crippen LogP) is 2.27. The minimum absolute atomic E-state index is 0.0319. The molecule has 0 fully saturated rings. The summed E-state index contributed by atoms with van der Waals surface area (Å²) in [7, 11) is 3.28. The molecule has 11 nitrogen and oxygen atoms in total. The number of rotatable bonds is 8. The number of benzene rings is 1. The quantitative estimate of drug-likeness (QED) is 0.366. The first-order chi connectivity index (χ1) is 18.0. The van der Waals surface area contributed by atoms with E-state index in [4.69, 9.17) is 9.72 Å². The number of nitrogens with one attached hydrogen (secondary N) is 1. The maximum Gasteiger partial charge on any atom is 0.414 e. The zero-order valence-electron chi connectivity index (χ0n) is 21.4. The van der Waals surface area contributed by atoms with Crippen LogP contribution in [0.2, 0.25) is 0 Å². The third-order valence-corrected chi connectivity index (χ3v) is 7.04. The number of amides is 1. The van der Waals surface area contributed by atoms with E-state index in [1.54, 1.807) is 38.8 Å². The number of carbonyl (C=O) groups excluding carboxylic acids is 1. The molecule has 0 bridgehead atoms. The summed E-state index contributed by atoms with van der Waals surface area (Å²) in [5, 5.41) is 7.56. The van der Waals surface area contributed by atoms with Crippen LogP contribution in [0.5, 0.6) is 0 Å². The van der Waals surface area contributed by atoms with Crippen LogP contribution in [0, 0.1) is 0 Å². The highest BCUT2D eigenvalue weighted by atomic mass is 16.5. The highest BCUT2D eigenvalue weighted by molar-refractivity contribution is 5.95. The van der Waals surface area contributed by atoms with E-state index in [-0.39, 0.29) is 17.7 Å². The highest BCUT2D eigenvalue weighted by Gasteiger charge is 2.31. The Morgan fingerprint density at radius 2 is 2.05 bits per heavy atom. The van der Waals surface area contributed by atoms with Crippen LogP contribution in [0.1, 0.15) is 30.6 Å². The van der Waals surface area contributed by atoms with E-state index < -0.39 is 0 Å². The smallest absolute Gasteiger partial charge is 0.414 e. The molecule has 1 aliphatic rings. The van der Waals surface area contributed by atoms with Gasteiger partial charge in [0.05, 0.1) is 30.4 Å². The number of fused-ring (bicyclic) bond motifs is 3. The van der Waals surface area contributed by atoms with Gasteiger partial charge in [-0.1, -0.05) is 6.07 Å². The van der Waals surface area contributed by atoms with Crippen molar-refractivity contribution in [2.45, 2.75) is 51.9 Å². The Labute approximate surface area is 214 Å². The average Bonchev–Trinajstić information content (AvgIpc) is 3.48. The summed E-state index contributed by atoms with van der Waals surface area (Å²) < 4.78 is 10.7. The van der Waals surface area contributed by atoms with Gasteiger partial charge in [-0.15, -0.1) is 0 Å². The van der Waals surface area contributed by atoms with Crippen molar-refractivity contribution in [3.63, 3.8) is 0 Å². The Bertz CT molecular complexity index is 1470. The molecule has 3 aromatic heterocycles. The van der Waals surface area contributed by atoms with Crippen molar-refractivity contribution in [1.29, 1.82) is 0 Å². The minimum atomic E-state index is -0.358. The molecule has 5 rings (SSSR count). The van der Waals surface area contributed by atoms with Crippen LogP contribution in [-0.2, 0) is 44.3 Å². The Hall–Kier alpha value is -3.99. The lowest BCUT2D eigenvalue weighted by Gasteiger charge is -2.34. The van der Waals surface area contributed by atoms with Crippen LogP contribution in [0.15, 0.2) is 47.7 Å². The highest BCUT2D eigenvalue weighted by Crippen LogP contribution is 2.36. The number of methoxy groups -OCH3 is 1. The van der Waals surface area contributed by atoms with Gasteiger partial charge in [0.25, 0.3) is 5.56 Å². The van der Waals surface area contributed by atoms with Crippen LogP contribution in [0.3, 0.4) is 0 Å². The molecule has 4 heterocycles. The molecule has 1 aromatic carbocycles. The Morgan fingerprint density at radius 3 is 2.81 bits per heavy atom. The lowest BCUT2D eigenvalue weighted by Crippen LogP contribution is -2.42. The van der Waals surface area contributed by atoms with E-state index in [1.807, 2.05) is 32.2 Å². The maximum atomic E-state index is 12.6. The second kappa shape index (κ2) is 10.6. The first-order valence-corrected chi connectivity index (χ1v) is 12.5. The number of aryl methyl sites for hydroxylation is 4. The van der Waals surface area contributed by atoms with Crippen LogP contribution in [-0.4, -0.2) is 54.7 Å². The molecule has 194 valence electrons. The monoisotopic (exact) mass is 504 g/mol. The van der Waals surface area contributed by atoms with Crippen molar-refractivity contribution in [1.82, 2.24) is 34.2 Å². The van der Waals surface area contributed by atoms with Gasteiger partial charge in [-0.25, -0.2) is 14.8 Å². The first-order valence-electron chi connectivity index (χ1n) is 12.5. The Morgan fingerprint density at radius 1 is 1.19 bits per heavy atom. The second-order valence-electron chi connectivity index (χ2n) is 9.30. The number of ether oxygens (including phenoxy) is 1. The summed E-state index contributed by atoms with van der Waals surface area (Å²) in [4.78, 5) is 35.9. The lowest BCUT2D eigenvalue weighted by molar-refractivity contribution is 0.175. The fourth-order valence-electron chi connectivity index (χ4n) is 5.03. The zero-order valence-corrected chi connectivity index (χ0v) is 21.4. The Kier molecular flexibility index (Phi) is 7.04. The second-order valence-corrected chi connectivity index (χ2v) is 9.30. The molecule has 1 amide bonds. The molecule has 0 spiro atoms. The number of pyridine rings is 1. The van der Waals surface area contributed by atoms with E-state index in [0.717, 1.165) is 46.8 Å². The van der Waals surface area contributed by atoms with E-state index in [2.05, 4.69) is 20.0 Å². The molecule has 0 saturated heterocycles. The molecule has 1 aliphatic heterocycles. The molecule has 0 radical (unpaired) electrons. The summed E-state index contributed by atoms with van der Waals surface area (Å²) in [6.07, 6.45) is 5.26. The van der Waals surface area contributed by atoms with Gasteiger partial charge in [-0.3, -0.25) is 14.4 Å². The molecule has 0 aliphatic carbocycles. The number of aromatic nitrogens is 6. The summed E-state index contributed by atoms with van der Waals surface area (Å²) in [5.74, 6) is 1.77. The Balaban J connectivity index is 1.47. The predicted molar refractivity (Wildman–Crippen MR) is 140 cm³/mol. The van der Waals surface area contributed by atoms with Crippen LogP contribution in [0.25, 0.3) is 11.0 Å². The lowest BCUT2D eigenvalue weighted by atomic mass is 9.96. The normalized spacial score (nSPS) is 15.2. The van der Waals surface area contributed by atoms with Crippen molar-refractivity contribution < 1.29 is 9.53 Å². The third-order valence-electron chi connectivity index (χ3n) is 7.04. The number of imidazole rings is 1. The minimum Gasteiger partial charge on any atom is -0.452 e. The maximum absolute atomic E-state index is 12.6. The summed E-state index contributed by atoms with van der Waals surface area (Å²) in [6.45, 7) is 4.58. The van der Waals surface area contributed by atoms with Crippen LogP contribution < -0.4 is 15.8 Å². The van der Waals surface area contributed by atoms with Gasteiger partial charge < -0.3 is 19.2 Å². The van der Waals surface area contributed by atoms with Crippen LogP contribution in [0.4, 0.5) is 10.5 Å².